The quantitative estimate of drug-likeness (QED) is 0.275. The van der Waals surface area contributed by atoms with Crippen molar-refractivity contribution in [3.63, 3.8) is 0 Å². The Morgan fingerprint density at radius 2 is 1.96 bits per heavy atom. The van der Waals surface area contributed by atoms with Crippen LogP contribution in [0.1, 0.15) is 28.7 Å². The minimum absolute atomic E-state index is 0.177. The summed E-state index contributed by atoms with van der Waals surface area (Å²) in [5.41, 5.74) is -0.0357. The highest BCUT2D eigenvalue weighted by atomic mass is 19.3. The molecule has 144 valence electrons. The molecule has 0 aliphatic carbocycles. The first kappa shape index (κ1) is 19.5. The Morgan fingerprint density at radius 1 is 1.25 bits per heavy atom. The second kappa shape index (κ2) is 7.03. The van der Waals surface area contributed by atoms with Gasteiger partial charge in [0.25, 0.3) is 0 Å². The van der Waals surface area contributed by atoms with E-state index in [2.05, 4.69) is 21.5 Å². The van der Waals surface area contributed by atoms with Crippen molar-refractivity contribution in [2.45, 2.75) is 19.8 Å². The first-order valence-electron chi connectivity index (χ1n) is 8.19. The number of benzene rings is 2. The Morgan fingerprint density at radius 3 is 2.61 bits per heavy atom. The van der Waals surface area contributed by atoms with Crippen molar-refractivity contribution in [1.29, 1.82) is 0 Å². The zero-order valence-corrected chi connectivity index (χ0v) is 15.0. The lowest BCUT2D eigenvalue weighted by Crippen LogP contribution is -2.25. The van der Waals surface area contributed by atoms with E-state index in [0.717, 1.165) is 19.1 Å². The van der Waals surface area contributed by atoms with Gasteiger partial charge in [0.2, 0.25) is 0 Å². The number of aromatic amines is 1. The molecule has 1 N–H and O–H groups in total. The largest absolute Gasteiger partial charge is 0.342 e. The number of fused-ring (bicyclic) bond motifs is 1. The van der Waals surface area contributed by atoms with E-state index in [1.165, 1.54) is 18.2 Å². The lowest BCUT2D eigenvalue weighted by Gasteiger charge is -2.14. The SMILES string of the molecule is C=CC(=O)c1ccc(N=C(C)C(F)(F)c2nc3c(F)cc(F)cc3[nH]2)c(C)c1. The zero-order valence-electron chi connectivity index (χ0n) is 15.0. The average Bonchev–Trinajstić information content (AvgIpc) is 3.07. The first-order chi connectivity index (χ1) is 13.1. The molecule has 0 fully saturated rings. The van der Waals surface area contributed by atoms with Gasteiger partial charge in [0.15, 0.2) is 17.4 Å². The van der Waals surface area contributed by atoms with Crippen LogP contribution >= 0.6 is 0 Å². The summed E-state index contributed by atoms with van der Waals surface area (Å²) in [4.78, 5) is 21.4. The molecule has 0 bridgehead atoms. The summed E-state index contributed by atoms with van der Waals surface area (Å²) in [6.07, 6.45) is 1.15. The van der Waals surface area contributed by atoms with E-state index < -0.39 is 29.1 Å². The number of aryl methyl sites for hydroxylation is 1. The van der Waals surface area contributed by atoms with E-state index in [-0.39, 0.29) is 22.5 Å². The van der Waals surface area contributed by atoms with Crippen LogP contribution in [0, 0.1) is 18.6 Å². The fourth-order valence-electron chi connectivity index (χ4n) is 2.67. The highest BCUT2D eigenvalue weighted by Crippen LogP contribution is 2.32. The molecular formula is C20H15F4N3O. The maximum absolute atomic E-state index is 14.8. The molecule has 0 unspecified atom stereocenters. The Hall–Kier alpha value is -3.29. The third-order valence-corrected chi connectivity index (χ3v) is 4.21. The van der Waals surface area contributed by atoms with Crippen LogP contribution in [-0.2, 0) is 5.92 Å². The molecule has 0 spiro atoms. The average molecular weight is 389 g/mol. The molecule has 3 aromatic rings. The normalized spacial score (nSPS) is 12.4. The van der Waals surface area contributed by atoms with Gasteiger partial charge in [-0.1, -0.05) is 6.58 Å². The number of ketones is 1. The lowest BCUT2D eigenvalue weighted by molar-refractivity contribution is 0.0662. The van der Waals surface area contributed by atoms with E-state index in [1.54, 1.807) is 6.92 Å². The number of aromatic nitrogens is 2. The Balaban J connectivity index is 2.01. The molecule has 0 aliphatic rings. The molecule has 0 radical (unpaired) electrons. The summed E-state index contributed by atoms with van der Waals surface area (Å²) < 4.78 is 56.6. The van der Waals surface area contributed by atoms with Gasteiger partial charge in [0.05, 0.1) is 16.9 Å². The molecule has 3 rings (SSSR count). The van der Waals surface area contributed by atoms with Crippen molar-refractivity contribution < 1.29 is 22.4 Å². The number of H-pyrrole nitrogens is 1. The van der Waals surface area contributed by atoms with Crippen molar-refractivity contribution in [1.82, 2.24) is 9.97 Å². The van der Waals surface area contributed by atoms with Gasteiger partial charge in [0, 0.05) is 11.6 Å². The second-order valence-corrected chi connectivity index (χ2v) is 6.21. The van der Waals surface area contributed by atoms with Gasteiger partial charge in [-0.2, -0.15) is 8.78 Å². The van der Waals surface area contributed by atoms with E-state index in [4.69, 9.17) is 0 Å². The monoisotopic (exact) mass is 389 g/mol. The highest BCUT2D eigenvalue weighted by molar-refractivity contribution is 6.04. The number of hydrogen-bond donors (Lipinski definition) is 1. The van der Waals surface area contributed by atoms with Gasteiger partial charge in [-0.3, -0.25) is 9.79 Å². The van der Waals surface area contributed by atoms with Gasteiger partial charge in [0.1, 0.15) is 11.3 Å². The number of alkyl halides is 2. The lowest BCUT2D eigenvalue weighted by atomic mass is 10.1. The third-order valence-electron chi connectivity index (χ3n) is 4.21. The van der Waals surface area contributed by atoms with Crippen molar-refractivity contribution >= 4 is 28.2 Å². The van der Waals surface area contributed by atoms with Crippen LogP contribution in [-0.4, -0.2) is 21.5 Å². The van der Waals surface area contributed by atoms with Crippen molar-refractivity contribution in [2.75, 3.05) is 0 Å². The third kappa shape index (κ3) is 3.45. The number of carbonyl (C=O) groups is 1. The smallest absolute Gasteiger partial charge is 0.336 e. The number of hydrogen-bond acceptors (Lipinski definition) is 3. The molecule has 0 saturated heterocycles. The molecule has 28 heavy (non-hydrogen) atoms. The minimum atomic E-state index is -3.65. The van der Waals surface area contributed by atoms with Crippen molar-refractivity contribution in [2.24, 2.45) is 4.99 Å². The number of aliphatic imine (C=N–C) groups is 1. The summed E-state index contributed by atoms with van der Waals surface area (Å²) in [5, 5.41) is 0. The predicted molar refractivity (Wildman–Crippen MR) is 98.4 cm³/mol. The molecule has 8 heteroatoms. The Kier molecular flexibility index (Phi) is 4.89. The zero-order chi connectivity index (χ0) is 20.6. The molecule has 0 saturated carbocycles. The number of nitrogens with zero attached hydrogens (tertiary/aromatic N) is 2. The number of halogens is 4. The highest BCUT2D eigenvalue weighted by Gasteiger charge is 2.39. The number of nitrogens with one attached hydrogen (secondary N) is 1. The van der Waals surface area contributed by atoms with Crippen LogP contribution in [0.2, 0.25) is 0 Å². The van der Waals surface area contributed by atoms with Crippen LogP contribution in [0.25, 0.3) is 11.0 Å². The first-order valence-corrected chi connectivity index (χ1v) is 8.19. The number of carbonyl (C=O) groups excluding carboxylic acids is 1. The topological polar surface area (TPSA) is 58.1 Å². The fraction of sp³-hybridized carbons (Fsp3) is 0.150. The van der Waals surface area contributed by atoms with Crippen LogP contribution in [0.15, 0.2) is 48.0 Å². The maximum atomic E-state index is 14.8. The van der Waals surface area contributed by atoms with Crippen LogP contribution in [0.3, 0.4) is 0 Å². The van der Waals surface area contributed by atoms with E-state index in [1.807, 2.05) is 0 Å². The summed E-state index contributed by atoms with van der Waals surface area (Å²) in [7, 11) is 0. The van der Waals surface area contributed by atoms with E-state index in [9.17, 15) is 22.4 Å². The van der Waals surface area contributed by atoms with Crippen LogP contribution < -0.4 is 0 Å². The van der Waals surface area contributed by atoms with E-state index in [0.29, 0.717) is 17.2 Å². The second-order valence-electron chi connectivity index (χ2n) is 6.21. The van der Waals surface area contributed by atoms with Gasteiger partial charge in [-0.05, 0) is 49.8 Å². The van der Waals surface area contributed by atoms with Gasteiger partial charge in [-0.15, -0.1) is 0 Å². The van der Waals surface area contributed by atoms with Crippen LogP contribution in [0.5, 0.6) is 0 Å². The fourth-order valence-corrected chi connectivity index (χ4v) is 2.67. The maximum Gasteiger partial charge on any atom is 0.342 e. The molecule has 0 aliphatic heterocycles. The molecule has 4 nitrogen and oxygen atoms in total. The molecule has 2 aromatic carbocycles. The summed E-state index contributed by atoms with van der Waals surface area (Å²) >= 11 is 0. The molecule has 1 heterocycles. The van der Waals surface area contributed by atoms with Gasteiger partial charge >= 0.3 is 5.92 Å². The van der Waals surface area contributed by atoms with Crippen LogP contribution in [0.4, 0.5) is 23.2 Å². The van der Waals surface area contributed by atoms with E-state index >= 15 is 0 Å². The standard InChI is InChI=1S/C20H15F4N3O/c1-4-17(28)12-5-6-15(10(2)7-12)25-11(3)20(23,24)19-26-16-9-13(21)8-14(22)18(16)27-19/h4-9H,1H2,2-3H3,(H,26,27). The predicted octanol–water partition coefficient (Wildman–Crippen LogP) is 5.40. The summed E-state index contributed by atoms with van der Waals surface area (Å²) in [6.45, 7) is 6.13. The number of allylic oxidation sites excluding steroid dienone is 1. The van der Waals surface area contributed by atoms with Gasteiger partial charge < -0.3 is 4.98 Å². The van der Waals surface area contributed by atoms with Gasteiger partial charge in [-0.25, -0.2) is 13.8 Å². The summed E-state index contributed by atoms with van der Waals surface area (Å²) in [6, 6.07) is 5.88. The number of rotatable bonds is 5. The molecule has 0 atom stereocenters. The van der Waals surface area contributed by atoms with Crippen molar-refractivity contribution in [3.05, 3.63) is 71.6 Å². The molecule has 0 amide bonds. The molecular weight excluding hydrogens is 374 g/mol. The van der Waals surface area contributed by atoms with Crippen molar-refractivity contribution in [3.8, 4) is 0 Å². The minimum Gasteiger partial charge on any atom is -0.336 e. The Labute approximate surface area is 157 Å². The summed E-state index contributed by atoms with van der Waals surface area (Å²) in [5.74, 6) is -6.73. The Bertz CT molecular complexity index is 1130. The molecule has 1 aromatic heterocycles. The number of imidazole rings is 1.